The minimum atomic E-state index is -0.843. The van der Waals surface area contributed by atoms with E-state index in [1.165, 1.54) is 12.1 Å². The lowest BCUT2D eigenvalue weighted by Crippen LogP contribution is -2.47. The zero-order valence-corrected chi connectivity index (χ0v) is 15.7. The quantitative estimate of drug-likeness (QED) is 0.801. The molecule has 1 saturated heterocycles. The number of ether oxygens (including phenoxy) is 1. The fourth-order valence-corrected chi connectivity index (χ4v) is 3.41. The average Bonchev–Trinajstić information content (AvgIpc) is 3.02. The van der Waals surface area contributed by atoms with Crippen LogP contribution < -0.4 is 0 Å². The van der Waals surface area contributed by atoms with Gasteiger partial charge in [-0.15, -0.1) is 0 Å². The highest BCUT2D eigenvalue weighted by molar-refractivity contribution is 5.69. The van der Waals surface area contributed by atoms with Crippen LogP contribution in [-0.2, 0) is 16.1 Å². The molecule has 1 fully saturated rings. The Balaban J connectivity index is 1.59. The smallest absolute Gasteiger partial charge is 0.317 e. The number of likely N-dealkylation sites (N-methyl/N-ethyl adjacent to an activating group) is 1. The van der Waals surface area contributed by atoms with Gasteiger partial charge in [0.15, 0.2) is 0 Å². The summed E-state index contributed by atoms with van der Waals surface area (Å²) in [4.78, 5) is 14.8. The Morgan fingerprint density at radius 3 is 2.93 bits per heavy atom. The molecule has 7 heteroatoms. The fourth-order valence-electron chi connectivity index (χ4n) is 3.41. The number of aliphatic carboxylic acids is 1. The molecular weight excluding hydrogens is 351 g/mol. The Kier molecular flexibility index (Phi) is 6.26. The number of hydrogen-bond donors (Lipinski definition) is 1. The second kappa shape index (κ2) is 8.65. The summed E-state index contributed by atoms with van der Waals surface area (Å²) in [5, 5.41) is 8.87. The molecule has 27 heavy (non-hydrogen) atoms. The summed E-state index contributed by atoms with van der Waals surface area (Å²) in [5.41, 5.74) is 1.72. The van der Waals surface area contributed by atoms with Crippen LogP contribution in [0.4, 0.5) is 4.39 Å². The number of carboxylic acids is 1. The van der Waals surface area contributed by atoms with E-state index < -0.39 is 5.97 Å². The zero-order chi connectivity index (χ0) is 19.4. The van der Waals surface area contributed by atoms with Crippen LogP contribution in [0.3, 0.4) is 0 Å². The predicted molar refractivity (Wildman–Crippen MR) is 99.0 cm³/mol. The van der Waals surface area contributed by atoms with Crippen molar-refractivity contribution in [2.24, 2.45) is 0 Å². The third-order valence-electron chi connectivity index (χ3n) is 4.64. The molecule has 0 radical (unpaired) electrons. The van der Waals surface area contributed by atoms with Crippen molar-refractivity contribution in [2.75, 3.05) is 39.8 Å². The van der Waals surface area contributed by atoms with Crippen molar-refractivity contribution >= 4 is 5.97 Å². The number of carboxylic acid groups (broad SMARTS) is 1. The van der Waals surface area contributed by atoms with Crippen LogP contribution in [-0.4, -0.2) is 66.8 Å². The first-order chi connectivity index (χ1) is 12.9. The average molecular weight is 376 g/mol. The Morgan fingerprint density at radius 2 is 2.19 bits per heavy atom. The number of hydrogen-bond acceptors (Lipinski definition) is 5. The van der Waals surface area contributed by atoms with Gasteiger partial charge >= 0.3 is 5.97 Å². The SMILES string of the molecule is Cc1cc(F)ccc1-c1ccc(CN2CCOC(CN(C)CC(=O)O)C2)o1. The number of benzene rings is 1. The zero-order valence-electron chi connectivity index (χ0n) is 15.7. The topological polar surface area (TPSA) is 66.2 Å². The van der Waals surface area contributed by atoms with Crippen LogP contribution in [0.25, 0.3) is 11.3 Å². The lowest BCUT2D eigenvalue weighted by molar-refractivity contribution is -0.138. The molecule has 146 valence electrons. The minimum Gasteiger partial charge on any atom is -0.480 e. The molecule has 1 aliphatic heterocycles. The second-order valence-corrected chi connectivity index (χ2v) is 7.04. The molecule has 3 rings (SSSR count). The van der Waals surface area contributed by atoms with Crippen molar-refractivity contribution in [2.45, 2.75) is 19.6 Å². The Morgan fingerprint density at radius 1 is 1.37 bits per heavy atom. The summed E-state index contributed by atoms with van der Waals surface area (Å²) in [6.07, 6.45) is -0.0307. The maximum Gasteiger partial charge on any atom is 0.317 e. The van der Waals surface area contributed by atoms with Crippen LogP contribution in [0.15, 0.2) is 34.7 Å². The molecule has 0 bridgehead atoms. The molecule has 2 heterocycles. The van der Waals surface area contributed by atoms with Gasteiger partial charge in [0.2, 0.25) is 0 Å². The highest BCUT2D eigenvalue weighted by Gasteiger charge is 2.23. The first kappa shape index (κ1) is 19.5. The standard InChI is InChI=1S/C20H25FN2O4/c1-14-9-15(21)3-5-18(14)19-6-4-16(27-19)11-23-7-8-26-17(12-23)10-22(2)13-20(24)25/h3-6,9,17H,7-8,10-13H2,1-2H3,(H,24,25). The van der Waals surface area contributed by atoms with E-state index in [-0.39, 0.29) is 18.5 Å². The van der Waals surface area contributed by atoms with Crippen LogP contribution in [0.2, 0.25) is 0 Å². The van der Waals surface area contributed by atoms with E-state index in [1.807, 2.05) is 19.1 Å². The normalized spacial score (nSPS) is 18.1. The molecule has 1 atom stereocenters. The van der Waals surface area contributed by atoms with Crippen molar-refractivity contribution < 1.29 is 23.4 Å². The monoisotopic (exact) mass is 376 g/mol. The summed E-state index contributed by atoms with van der Waals surface area (Å²) in [6.45, 7) is 5.21. The number of carbonyl (C=O) groups is 1. The first-order valence-corrected chi connectivity index (χ1v) is 9.00. The Hall–Kier alpha value is -2.22. The van der Waals surface area contributed by atoms with Crippen LogP contribution in [0.1, 0.15) is 11.3 Å². The number of morpholine rings is 1. The van der Waals surface area contributed by atoms with Gasteiger partial charge in [0.1, 0.15) is 17.3 Å². The Labute approximate surface area is 158 Å². The minimum absolute atomic E-state index is 0.00156. The number of nitrogens with zero attached hydrogens (tertiary/aromatic N) is 2. The van der Waals surface area contributed by atoms with E-state index >= 15 is 0 Å². The van der Waals surface area contributed by atoms with Crippen molar-refractivity contribution in [1.82, 2.24) is 9.80 Å². The molecule has 1 aromatic carbocycles. The highest BCUT2D eigenvalue weighted by atomic mass is 19.1. The van der Waals surface area contributed by atoms with E-state index in [9.17, 15) is 9.18 Å². The molecule has 1 aromatic heterocycles. The summed E-state index contributed by atoms with van der Waals surface area (Å²) in [5.74, 6) is 0.474. The summed E-state index contributed by atoms with van der Waals surface area (Å²) >= 11 is 0. The van der Waals surface area contributed by atoms with E-state index in [2.05, 4.69) is 4.90 Å². The maximum atomic E-state index is 13.3. The van der Waals surface area contributed by atoms with E-state index in [4.69, 9.17) is 14.3 Å². The molecule has 0 amide bonds. The van der Waals surface area contributed by atoms with Gasteiger partial charge in [-0.05, 0) is 49.9 Å². The Bertz CT molecular complexity index is 792. The molecule has 1 N–H and O–H groups in total. The molecule has 2 aromatic rings. The molecule has 0 spiro atoms. The largest absolute Gasteiger partial charge is 0.480 e. The summed E-state index contributed by atoms with van der Waals surface area (Å²) in [7, 11) is 1.78. The number of furan rings is 1. The number of aryl methyl sites for hydroxylation is 1. The van der Waals surface area contributed by atoms with E-state index in [0.717, 1.165) is 35.7 Å². The van der Waals surface area contributed by atoms with Crippen molar-refractivity contribution in [1.29, 1.82) is 0 Å². The van der Waals surface area contributed by atoms with Gasteiger partial charge in [-0.2, -0.15) is 0 Å². The predicted octanol–water partition coefficient (Wildman–Crippen LogP) is 2.61. The lowest BCUT2D eigenvalue weighted by atomic mass is 10.1. The van der Waals surface area contributed by atoms with Gasteiger partial charge < -0.3 is 14.3 Å². The molecule has 0 aliphatic carbocycles. The van der Waals surface area contributed by atoms with Crippen molar-refractivity contribution in [3.63, 3.8) is 0 Å². The van der Waals surface area contributed by atoms with Gasteiger partial charge in [0.25, 0.3) is 0 Å². The first-order valence-electron chi connectivity index (χ1n) is 9.00. The van der Waals surface area contributed by atoms with Crippen molar-refractivity contribution in [3.8, 4) is 11.3 Å². The fraction of sp³-hybridized carbons (Fsp3) is 0.450. The van der Waals surface area contributed by atoms with Crippen LogP contribution in [0, 0.1) is 12.7 Å². The van der Waals surface area contributed by atoms with Gasteiger partial charge in [-0.25, -0.2) is 4.39 Å². The summed E-state index contributed by atoms with van der Waals surface area (Å²) < 4.78 is 25.0. The van der Waals surface area contributed by atoms with Gasteiger partial charge in [-0.3, -0.25) is 14.6 Å². The molecular formula is C20H25FN2O4. The second-order valence-electron chi connectivity index (χ2n) is 7.04. The third kappa shape index (κ3) is 5.38. The van der Waals surface area contributed by atoms with Gasteiger partial charge in [-0.1, -0.05) is 0 Å². The van der Waals surface area contributed by atoms with Crippen molar-refractivity contribution in [3.05, 3.63) is 47.5 Å². The molecule has 6 nitrogen and oxygen atoms in total. The van der Waals surface area contributed by atoms with E-state index in [0.29, 0.717) is 19.7 Å². The highest BCUT2D eigenvalue weighted by Crippen LogP contribution is 2.27. The number of halogens is 1. The summed E-state index contributed by atoms with van der Waals surface area (Å²) in [6, 6.07) is 8.52. The van der Waals surface area contributed by atoms with Gasteiger partial charge in [0.05, 0.1) is 25.8 Å². The number of rotatable bonds is 7. The molecule has 0 saturated carbocycles. The van der Waals surface area contributed by atoms with Crippen LogP contribution >= 0.6 is 0 Å². The molecule has 1 unspecified atom stereocenters. The molecule has 1 aliphatic rings. The van der Waals surface area contributed by atoms with Crippen LogP contribution in [0.5, 0.6) is 0 Å². The third-order valence-corrected chi connectivity index (χ3v) is 4.64. The lowest BCUT2D eigenvalue weighted by Gasteiger charge is -2.34. The van der Waals surface area contributed by atoms with E-state index in [1.54, 1.807) is 18.0 Å². The maximum absolute atomic E-state index is 13.3. The van der Waals surface area contributed by atoms with Gasteiger partial charge in [0, 0.05) is 25.2 Å².